The smallest absolute Gasteiger partial charge is 0.0468 e. The molecule has 88 valence electrons. The average Bonchev–Trinajstić information content (AvgIpc) is 2.90. The molecular formula is C15H22O. The lowest BCUT2D eigenvalue weighted by Gasteiger charge is -2.20. The number of hydrogen-bond donors (Lipinski definition) is 1. The molecule has 1 aromatic rings. The first-order valence-corrected chi connectivity index (χ1v) is 6.10. The summed E-state index contributed by atoms with van der Waals surface area (Å²) in [7, 11) is 0. The van der Waals surface area contributed by atoms with E-state index in [9.17, 15) is 5.11 Å². The minimum Gasteiger partial charge on any atom is -0.396 e. The number of hydrogen-bond acceptors (Lipinski definition) is 1. The summed E-state index contributed by atoms with van der Waals surface area (Å²) in [6.45, 7) is 9.27. The van der Waals surface area contributed by atoms with Crippen LogP contribution in [0.4, 0.5) is 0 Å². The van der Waals surface area contributed by atoms with Crippen molar-refractivity contribution >= 4 is 0 Å². The van der Waals surface area contributed by atoms with E-state index in [1.54, 1.807) is 0 Å². The maximum atomic E-state index is 9.19. The average molecular weight is 218 g/mol. The molecule has 2 unspecified atom stereocenters. The fourth-order valence-corrected chi connectivity index (χ4v) is 2.42. The van der Waals surface area contributed by atoms with Gasteiger partial charge >= 0.3 is 0 Å². The van der Waals surface area contributed by atoms with Gasteiger partial charge in [0.15, 0.2) is 0 Å². The van der Waals surface area contributed by atoms with Gasteiger partial charge in [-0.05, 0) is 34.3 Å². The molecule has 1 heteroatoms. The Labute approximate surface area is 98.5 Å². The fraction of sp³-hybridized carbons (Fsp3) is 0.600. The van der Waals surface area contributed by atoms with E-state index in [0.29, 0.717) is 12.5 Å². The molecule has 0 aliphatic heterocycles. The van der Waals surface area contributed by atoms with Crippen molar-refractivity contribution in [3.05, 3.63) is 35.4 Å². The van der Waals surface area contributed by atoms with Crippen molar-refractivity contribution in [2.75, 3.05) is 6.61 Å². The van der Waals surface area contributed by atoms with Crippen LogP contribution in [0.25, 0.3) is 0 Å². The molecule has 1 aliphatic carbocycles. The molecule has 0 radical (unpaired) electrons. The van der Waals surface area contributed by atoms with Gasteiger partial charge < -0.3 is 5.11 Å². The van der Waals surface area contributed by atoms with Gasteiger partial charge in [-0.2, -0.15) is 0 Å². The van der Waals surface area contributed by atoms with Crippen molar-refractivity contribution in [2.45, 2.75) is 44.9 Å². The SMILES string of the molecule is CC(C)(C)c1ccc(C2(C)CC2CO)cc1. The standard InChI is InChI=1S/C15H22O/c1-14(2,3)11-5-7-12(8-6-11)15(4)9-13(15)10-16/h5-8,13,16H,9-10H2,1-4H3. The molecule has 0 bridgehead atoms. The normalized spacial score (nSPS) is 29.2. The summed E-state index contributed by atoms with van der Waals surface area (Å²) in [5, 5.41) is 9.19. The fourth-order valence-electron chi connectivity index (χ4n) is 2.42. The first-order chi connectivity index (χ1) is 7.38. The zero-order valence-electron chi connectivity index (χ0n) is 10.7. The van der Waals surface area contributed by atoms with Crippen LogP contribution in [-0.2, 0) is 10.8 Å². The predicted molar refractivity (Wildman–Crippen MR) is 67.7 cm³/mol. The predicted octanol–water partition coefficient (Wildman–Crippen LogP) is 3.25. The maximum absolute atomic E-state index is 9.19. The minimum atomic E-state index is 0.222. The van der Waals surface area contributed by atoms with Crippen molar-refractivity contribution in [3.63, 3.8) is 0 Å². The highest BCUT2D eigenvalue weighted by atomic mass is 16.3. The van der Waals surface area contributed by atoms with Crippen LogP contribution in [-0.4, -0.2) is 11.7 Å². The van der Waals surface area contributed by atoms with Crippen molar-refractivity contribution in [1.82, 2.24) is 0 Å². The van der Waals surface area contributed by atoms with Gasteiger partial charge in [-0.1, -0.05) is 52.0 Å². The van der Waals surface area contributed by atoms with Gasteiger partial charge in [0.05, 0.1) is 0 Å². The molecular weight excluding hydrogens is 196 g/mol. The molecule has 1 aliphatic rings. The van der Waals surface area contributed by atoms with Gasteiger partial charge in [0.25, 0.3) is 0 Å². The van der Waals surface area contributed by atoms with Crippen molar-refractivity contribution < 1.29 is 5.11 Å². The van der Waals surface area contributed by atoms with Gasteiger partial charge in [0.2, 0.25) is 0 Å². The zero-order chi connectivity index (χ0) is 12.0. The Morgan fingerprint density at radius 3 is 2.19 bits per heavy atom. The molecule has 1 aromatic carbocycles. The third-order valence-electron chi connectivity index (χ3n) is 4.04. The molecule has 1 N–H and O–H groups in total. The van der Waals surface area contributed by atoms with Crippen LogP contribution >= 0.6 is 0 Å². The molecule has 0 saturated heterocycles. The van der Waals surface area contributed by atoms with Gasteiger partial charge in [0.1, 0.15) is 0 Å². The third-order valence-corrected chi connectivity index (χ3v) is 4.04. The van der Waals surface area contributed by atoms with Crippen molar-refractivity contribution in [3.8, 4) is 0 Å². The summed E-state index contributed by atoms with van der Waals surface area (Å²) < 4.78 is 0. The summed E-state index contributed by atoms with van der Waals surface area (Å²) in [5.41, 5.74) is 3.20. The number of benzene rings is 1. The molecule has 1 fully saturated rings. The van der Waals surface area contributed by atoms with Crippen LogP contribution in [0.5, 0.6) is 0 Å². The van der Waals surface area contributed by atoms with Gasteiger partial charge in [-0.3, -0.25) is 0 Å². The summed E-state index contributed by atoms with van der Waals surface area (Å²) in [5.74, 6) is 0.466. The summed E-state index contributed by atoms with van der Waals surface area (Å²) in [4.78, 5) is 0. The molecule has 1 saturated carbocycles. The Morgan fingerprint density at radius 2 is 1.81 bits per heavy atom. The molecule has 0 aromatic heterocycles. The molecule has 2 atom stereocenters. The quantitative estimate of drug-likeness (QED) is 0.808. The molecule has 16 heavy (non-hydrogen) atoms. The summed E-state index contributed by atoms with van der Waals surface area (Å²) in [6, 6.07) is 8.92. The van der Waals surface area contributed by atoms with Crippen LogP contribution in [0.2, 0.25) is 0 Å². The third kappa shape index (κ3) is 1.89. The second kappa shape index (κ2) is 3.59. The highest BCUT2D eigenvalue weighted by Gasteiger charge is 2.50. The van der Waals surface area contributed by atoms with E-state index in [-0.39, 0.29) is 10.8 Å². The first kappa shape index (κ1) is 11.7. The number of aliphatic hydroxyl groups is 1. The molecule has 1 nitrogen and oxygen atoms in total. The lowest BCUT2D eigenvalue weighted by atomic mass is 9.85. The minimum absolute atomic E-state index is 0.222. The first-order valence-electron chi connectivity index (χ1n) is 6.10. The second-order valence-electron chi connectivity index (χ2n) is 6.33. The summed E-state index contributed by atoms with van der Waals surface area (Å²) in [6.07, 6.45) is 1.12. The van der Waals surface area contributed by atoms with Gasteiger partial charge in [-0.25, -0.2) is 0 Å². The highest BCUT2D eigenvalue weighted by molar-refractivity contribution is 5.36. The number of rotatable bonds is 2. The van der Waals surface area contributed by atoms with Crippen molar-refractivity contribution in [1.29, 1.82) is 0 Å². The van der Waals surface area contributed by atoms with E-state index in [2.05, 4.69) is 52.0 Å². The van der Waals surface area contributed by atoms with Gasteiger partial charge in [0, 0.05) is 6.61 Å². The van der Waals surface area contributed by atoms with Crippen LogP contribution < -0.4 is 0 Å². The van der Waals surface area contributed by atoms with E-state index >= 15 is 0 Å². The van der Waals surface area contributed by atoms with E-state index in [1.807, 2.05) is 0 Å². The van der Waals surface area contributed by atoms with Crippen LogP contribution in [0.3, 0.4) is 0 Å². The van der Waals surface area contributed by atoms with E-state index in [1.165, 1.54) is 11.1 Å². The molecule has 0 amide bonds. The monoisotopic (exact) mass is 218 g/mol. The molecule has 0 heterocycles. The Balaban J connectivity index is 2.21. The molecule has 0 spiro atoms. The highest BCUT2D eigenvalue weighted by Crippen LogP contribution is 2.53. The van der Waals surface area contributed by atoms with Crippen LogP contribution in [0.15, 0.2) is 24.3 Å². The van der Waals surface area contributed by atoms with E-state index in [4.69, 9.17) is 0 Å². The lowest BCUT2D eigenvalue weighted by molar-refractivity contribution is 0.265. The van der Waals surface area contributed by atoms with E-state index in [0.717, 1.165) is 6.42 Å². The van der Waals surface area contributed by atoms with Crippen molar-refractivity contribution in [2.24, 2.45) is 5.92 Å². The zero-order valence-corrected chi connectivity index (χ0v) is 10.7. The number of aliphatic hydroxyl groups excluding tert-OH is 1. The van der Waals surface area contributed by atoms with Crippen LogP contribution in [0, 0.1) is 5.92 Å². The lowest BCUT2D eigenvalue weighted by Crippen LogP contribution is -2.12. The topological polar surface area (TPSA) is 20.2 Å². The maximum Gasteiger partial charge on any atom is 0.0468 e. The second-order valence-corrected chi connectivity index (χ2v) is 6.33. The Morgan fingerprint density at radius 1 is 1.25 bits per heavy atom. The van der Waals surface area contributed by atoms with Crippen LogP contribution in [0.1, 0.15) is 45.2 Å². The van der Waals surface area contributed by atoms with Gasteiger partial charge in [-0.15, -0.1) is 0 Å². The largest absolute Gasteiger partial charge is 0.396 e. The Kier molecular flexibility index (Phi) is 2.62. The molecule has 2 rings (SSSR count). The van der Waals surface area contributed by atoms with E-state index < -0.39 is 0 Å². The Hall–Kier alpha value is -0.820. The Bertz CT molecular complexity index is 371. The summed E-state index contributed by atoms with van der Waals surface area (Å²) >= 11 is 0.